The van der Waals surface area contributed by atoms with Crippen molar-refractivity contribution in [3.63, 3.8) is 0 Å². The van der Waals surface area contributed by atoms with Crippen molar-refractivity contribution >= 4 is 11.6 Å². The van der Waals surface area contributed by atoms with Crippen LogP contribution in [-0.2, 0) is 6.54 Å². The van der Waals surface area contributed by atoms with E-state index in [9.17, 15) is 0 Å². The zero-order chi connectivity index (χ0) is 12.0. The van der Waals surface area contributed by atoms with Crippen molar-refractivity contribution in [2.24, 2.45) is 0 Å². The molecule has 86 valence electrons. The average Bonchev–Trinajstić information content (AvgIpc) is 2.31. The van der Waals surface area contributed by atoms with E-state index in [-0.39, 0.29) is 6.04 Å². The molecular formula is C13H16ClNO. The number of halogens is 1. The molecule has 1 aromatic carbocycles. The molecule has 1 rings (SSSR count). The van der Waals surface area contributed by atoms with E-state index in [4.69, 9.17) is 22.8 Å². The van der Waals surface area contributed by atoms with Gasteiger partial charge in [-0.2, -0.15) is 0 Å². The van der Waals surface area contributed by atoms with Crippen LogP contribution in [0.2, 0.25) is 5.02 Å². The van der Waals surface area contributed by atoms with Gasteiger partial charge in [0, 0.05) is 17.1 Å². The summed E-state index contributed by atoms with van der Waals surface area (Å²) >= 11 is 6.11. The number of terminal acetylenes is 1. The van der Waals surface area contributed by atoms with Gasteiger partial charge in [-0.1, -0.05) is 30.5 Å². The molecule has 0 saturated carbocycles. The molecule has 0 saturated heterocycles. The molecule has 16 heavy (non-hydrogen) atoms. The lowest BCUT2D eigenvalue weighted by atomic mass is 10.1. The van der Waals surface area contributed by atoms with Crippen molar-refractivity contribution in [1.82, 2.24) is 5.32 Å². The minimum absolute atomic E-state index is 0.0704. The summed E-state index contributed by atoms with van der Waals surface area (Å²) in [6.45, 7) is 2.66. The first kappa shape index (κ1) is 12.9. The van der Waals surface area contributed by atoms with Gasteiger partial charge in [-0.3, -0.25) is 5.32 Å². The van der Waals surface area contributed by atoms with Gasteiger partial charge in [0.15, 0.2) is 0 Å². The average molecular weight is 238 g/mol. The molecule has 0 heterocycles. The molecule has 0 bridgehead atoms. The van der Waals surface area contributed by atoms with Crippen LogP contribution in [0.4, 0.5) is 0 Å². The molecule has 0 aliphatic heterocycles. The molecule has 3 heteroatoms. The van der Waals surface area contributed by atoms with E-state index in [1.807, 2.05) is 25.1 Å². The fourth-order valence-corrected chi connectivity index (χ4v) is 1.68. The van der Waals surface area contributed by atoms with E-state index in [2.05, 4.69) is 11.2 Å². The number of hydrogen-bond acceptors (Lipinski definition) is 2. The van der Waals surface area contributed by atoms with Crippen molar-refractivity contribution in [2.45, 2.75) is 25.9 Å². The minimum atomic E-state index is 0.0704. The zero-order valence-corrected chi connectivity index (χ0v) is 10.3. The van der Waals surface area contributed by atoms with E-state index < -0.39 is 0 Å². The van der Waals surface area contributed by atoms with Crippen molar-refractivity contribution < 1.29 is 4.74 Å². The van der Waals surface area contributed by atoms with Gasteiger partial charge in [-0.25, -0.2) is 0 Å². The van der Waals surface area contributed by atoms with Crippen LogP contribution < -0.4 is 10.1 Å². The third kappa shape index (κ3) is 3.16. The zero-order valence-electron chi connectivity index (χ0n) is 9.59. The summed E-state index contributed by atoms with van der Waals surface area (Å²) in [5.41, 5.74) is 0.945. The summed E-state index contributed by atoms with van der Waals surface area (Å²) in [7, 11) is 1.63. The maximum Gasteiger partial charge on any atom is 0.124 e. The second kappa shape index (κ2) is 6.42. The van der Waals surface area contributed by atoms with Gasteiger partial charge in [-0.05, 0) is 18.6 Å². The Bertz CT molecular complexity index is 384. The molecule has 0 radical (unpaired) electrons. The van der Waals surface area contributed by atoms with Crippen molar-refractivity contribution in [3.05, 3.63) is 28.8 Å². The van der Waals surface area contributed by atoms with Gasteiger partial charge in [0.2, 0.25) is 0 Å². The third-order valence-corrected chi connectivity index (χ3v) is 2.78. The number of nitrogens with one attached hydrogen (secondary N) is 1. The highest BCUT2D eigenvalue weighted by Crippen LogP contribution is 2.25. The molecule has 1 atom stereocenters. The first-order valence-corrected chi connectivity index (χ1v) is 5.61. The van der Waals surface area contributed by atoms with Crippen LogP contribution >= 0.6 is 11.6 Å². The highest BCUT2D eigenvalue weighted by Gasteiger charge is 2.08. The van der Waals surface area contributed by atoms with Crippen molar-refractivity contribution in [3.8, 4) is 18.1 Å². The Morgan fingerprint density at radius 1 is 1.56 bits per heavy atom. The summed E-state index contributed by atoms with van der Waals surface area (Å²) in [5, 5.41) is 3.94. The van der Waals surface area contributed by atoms with Gasteiger partial charge in [0.25, 0.3) is 0 Å². The first-order chi connectivity index (χ1) is 7.72. The third-order valence-electron chi connectivity index (χ3n) is 2.43. The van der Waals surface area contributed by atoms with Crippen LogP contribution in [0, 0.1) is 12.3 Å². The van der Waals surface area contributed by atoms with Gasteiger partial charge < -0.3 is 4.74 Å². The van der Waals surface area contributed by atoms with Crippen LogP contribution in [-0.4, -0.2) is 13.2 Å². The number of ether oxygens (including phenoxy) is 1. The normalized spacial score (nSPS) is 11.9. The van der Waals surface area contributed by atoms with Crippen molar-refractivity contribution in [1.29, 1.82) is 0 Å². The molecule has 1 aromatic rings. The molecule has 0 fully saturated rings. The van der Waals surface area contributed by atoms with E-state index in [0.29, 0.717) is 11.6 Å². The van der Waals surface area contributed by atoms with E-state index >= 15 is 0 Å². The number of hydrogen-bond donors (Lipinski definition) is 1. The standard InChI is InChI=1S/C13H16ClNO/c1-4-10(5-2)15-9-11-12(14)7-6-8-13(11)16-3/h1,6-8,10,15H,5,9H2,2-3H3. The molecule has 0 aliphatic carbocycles. The summed E-state index contributed by atoms with van der Waals surface area (Å²) in [5.74, 6) is 3.47. The fourth-order valence-electron chi connectivity index (χ4n) is 1.45. The first-order valence-electron chi connectivity index (χ1n) is 5.23. The lowest BCUT2D eigenvalue weighted by molar-refractivity contribution is 0.406. The van der Waals surface area contributed by atoms with E-state index in [0.717, 1.165) is 17.7 Å². The van der Waals surface area contributed by atoms with Gasteiger partial charge in [0.1, 0.15) is 5.75 Å². The van der Waals surface area contributed by atoms with Gasteiger partial charge in [-0.15, -0.1) is 6.42 Å². The van der Waals surface area contributed by atoms with Crippen LogP contribution in [0.25, 0.3) is 0 Å². The topological polar surface area (TPSA) is 21.3 Å². The predicted molar refractivity (Wildman–Crippen MR) is 67.8 cm³/mol. The maximum atomic E-state index is 6.11. The lowest BCUT2D eigenvalue weighted by Crippen LogP contribution is -2.26. The van der Waals surface area contributed by atoms with Crippen molar-refractivity contribution in [2.75, 3.05) is 7.11 Å². The highest BCUT2D eigenvalue weighted by molar-refractivity contribution is 6.31. The Morgan fingerprint density at radius 3 is 2.88 bits per heavy atom. The minimum Gasteiger partial charge on any atom is -0.496 e. The summed E-state index contributed by atoms with van der Waals surface area (Å²) in [6.07, 6.45) is 6.27. The maximum absolute atomic E-state index is 6.11. The Labute approximate surface area is 102 Å². The number of rotatable bonds is 5. The number of methoxy groups -OCH3 is 1. The molecular weight excluding hydrogens is 222 g/mol. The van der Waals surface area contributed by atoms with Gasteiger partial charge in [0.05, 0.1) is 13.2 Å². The second-order valence-electron chi connectivity index (χ2n) is 3.43. The Balaban J connectivity index is 2.77. The molecule has 1 N–H and O–H groups in total. The molecule has 0 amide bonds. The molecule has 2 nitrogen and oxygen atoms in total. The summed E-state index contributed by atoms with van der Waals surface area (Å²) in [4.78, 5) is 0. The fraction of sp³-hybridized carbons (Fsp3) is 0.385. The predicted octanol–water partition coefficient (Wildman–Crippen LogP) is 2.85. The SMILES string of the molecule is C#CC(CC)NCc1c(Cl)cccc1OC. The number of benzene rings is 1. The smallest absolute Gasteiger partial charge is 0.124 e. The second-order valence-corrected chi connectivity index (χ2v) is 3.84. The Kier molecular flexibility index (Phi) is 5.18. The molecule has 0 aromatic heterocycles. The summed E-state index contributed by atoms with van der Waals surface area (Å²) < 4.78 is 5.25. The van der Waals surface area contributed by atoms with E-state index in [1.165, 1.54) is 0 Å². The largest absolute Gasteiger partial charge is 0.496 e. The molecule has 0 spiro atoms. The summed E-state index contributed by atoms with van der Waals surface area (Å²) in [6, 6.07) is 5.67. The van der Waals surface area contributed by atoms with Crippen LogP contribution in [0.1, 0.15) is 18.9 Å². The molecule has 0 aliphatic rings. The van der Waals surface area contributed by atoms with Crippen LogP contribution in [0.15, 0.2) is 18.2 Å². The van der Waals surface area contributed by atoms with Crippen LogP contribution in [0.3, 0.4) is 0 Å². The van der Waals surface area contributed by atoms with E-state index in [1.54, 1.807) is 7.11 Å². The lowest BCUT2D eigenvalue weighted by Gasteiger charge is -2.14. The Morgan fingerprint density at radius 2 is 2.31 bits per heavy atom. The molecule has 1 unspecified atom stereocenters. The monoisotopic (exact) mass is 237 g/mol. The Hall–Kier alpha value is -1.17. The quantitative estimate of drug-likeness (QED) is 0.796. The van der Waals surface area contributed by atoms with Gasteiger partial charge >= 0.3 is 0 Å². The highest BCUT2D eigenvalue weighted by atomic mass is 35.5. The van der Waals surface area contributed by atoms with Crippen LogP contribution in [0.5, 0.6) is 5.75 Å².